The molecule has 0 radical (unpaired) electrons. The van der Waals surface area contributed by atoms with Gasteiger partial charge in [0.25, 0.3) is 5.91 Å². The molecule has 0 fully saturated rings. The third-order valence-corrected chi connectivity index (χ3v) is 2.83. The summed E-state index contributed by atoms with van der Waals surface area (Å²) < 4.78 is 5.50. The molecule has 1 amide bonds. The fourth-order valence-electron chi connectivity index (χ4n) is 1.71. The minimum Gasteiger partial charge on any atom is -0.483 e. The molecule has 0 spiro atoms. The first kappa shape index (κ1) is 15.5. The molecule has 0 aliphatic rings. The van der Waals surface area contributed by atoms with E-state index in [1.165, 1.54) is 0 Å². The van der Waals surface area contributed by atoms with Gasteiger partial charge in [-0.1, -0.05) is 25.5 Å². The van der Waals surface area contributed by atoms with Crippen molar-refractivity contribution in [3.05, 3.63) is 29.3 Å². The molecule has 1 aromatic rings. The number of hydrogen-bond donors (Lipinski definition) is 2. The minimum atomic E-state index is -0.612. The summed E-state index contributed by atoms with van der Waals surface area (Å²) in [5.74, 6) is 0.437. The van der Waals surface area contributed by atoms with Crippen LogP contribution < -0.4 is 10.1 Å². The highest BCUT2D eigenvalue weighted by molar-refractivity contribution is 5.77. The van der Waals surface area contributed by atoms with Crippen LogP contribution >= 0.6 is 0 Å². The predicted molar refractivity (Wildman–Crippen MR) is 75.2 cm³/mol. The molecule has 1 atom stereocenters. The van der Waals surface area contributed by atoms with Crippen LogP contribution in [0.5, 0.6) is 5.75 Å². The topological polar surface area (TPSA) is 58.6 Å². The van der Waals surface area contributed by atoms with Crippen LogP contribution in [-0.4, -0.2) is 24.2 Å². The summed E-state index contributed by atoms with van der Waals surface area (Å²) in [5.41, 5.74) is 1.73. The molecule has 0 unspecified atom stereocenters. The molecule has 2 N–H and O–H groups in total. The van der Waals surface area contributed by atoms with Crippen LogP contribution in [0, 0.1) is 6.92 Å². The predicted octanol–water partition coefficient (Wildman–Crippen LogP) is 2.34. The Kier molecular flexibility index (Phi) is 6.36. The summed E-state index contributed by atoms with van der Waals surface area (Å²) in [7, 11) is 0. The van der Waals surface area contributed by atoms with Crippen molar-refractivity contribution in [1.82, 2.24) is 5.32 Å². The van der Waals surface area contributed by atoms with E-state index < -0.39 is 6.10 Å². The van der Waals surface area contributed by atoms with E-state index in [4.69, 9.17) is 4.74 Å². The maximum atomic E-state index is 11.6. The molecule has 0 aliphatic carbocycles. The molecule has 0 saturated heterocycles. The van der Waals surface area contributed by atoms with Gasteiger partial charge in [-0.25, -0.2) is 0 Å². The molecular weight excluding hydrogens is 242 g/mol. The number of carbonyl (C=O) groups is 1. The van der Waals surface area contributed by atoms with Gasteiger partial charge in [0.2, 0.25) is 0 Å². The molecule has 0 aromatic heterocycles. The van der Waals surface area contributed by atoms with Gasteiger partial charge in [0, 0.05) is 12.1 Å². The van der Waals surface area contributed by atoms with Crippen molar-refractivity contribution in [2.75, 3.05) is 13.2 Å². The zero-order valence-corrected chi connectivity index (χ0v) is 11.9. The van der Waals surface area contributed by atoms with E-state index in [2.05, 4.69) is 12.2 Å². The SMILES string of the molecule is CCCCNC(=O)COc1cc(C)ccc1[C@H](C)O. The molecule has 0 saturated carbocycles. The Labute approximate surface area is 114 Å². The smallest absolute Gasteiger partial charge is 0.257 e. The maximum absolute atomic E-state index is 11.6. The van der Waals surface area contributed by atoms with Crippen molar-refractivity contribution < 1.29 is 14.6 Å². The molecule has 1 rings (SSSR count). The fourth-order valence-corrected chi connectivity index (χ4v) is 1.71. The van der Waals surface area contributed by atoms with E-state index in [0.29, 0.717) is 17.9 Å². The Morgan fingerprint density at radius 1 is 1.47 bits per heavy atom. The average molecular weight is 265 g/mol. The monoisotopic (exact) mass is 265 g/mol. The lowest BCUT2D eigenvalue weighted by molar-refractivity contribution is -0.123. The maximum Gasteiger partial charge on any atom is 0.257 e. The molecule has 19 heavy (non-hydrogen) atoms. The zero-order chi connectivity index (χ0) is 14.3. The Morgan fingerprint density at radius 2 is 2.21 bits per heavy atom. The Hall–Kier alpha value is -1.55. The van der Waals surface area contributed by atoms with E-state index in [9.17, 15) is 9.90 Å². The van der Waals surface area contributed by atoms with Crippen LogP contribution in [0.3, 0.4) is 0 Å². The standard InChI is InChI=1S/C15H23NO3/c1-4-5-8-16-15(18)10-19-14-9-11(2)6-7-13(14)12(3)17/h6-7,9,12,17H,4-5,8,10H2,1-3H3,(H,16,18)/t12-/m0/s1. The number of ether oxygens (including phenoxy) is 1. The van der Waals surface area contributed by atoms with Crippen molar-refractivity contribution in [3.8, 4) is 5.75 Å². The van der Waals surface area contributed by atoms with Crippen LogP contribution in [0.15, 0.2) is 18.2 Å². The van der Waals surface area contributed by atoms with Gasteiger partial charge in [-0.15, -0.1) is 0 Å². The van der Waals surface area contributed by atoms with Gasteiger partial charge in [-0.2, -0.15) is 0 Å². The number of amides is 1. The van der Waals surface area contributed by atoms with Gasteiger partial charge in [0.15, 0.2) is 6.61 Å². The van der Waals surface area contributed by atoms with Gasteiger partial charge in [0.1, 0.15) is 5.75 Å². The van der Waals surface area contributed by atoms with Crippen LogP contribution in [0.2, 0.25) is 0 Å². The molecule has 106 valence electrons. The lowest BCUT2D eigenvalue weighted by Crippen LogP contribution is -2.29. The summed E-state index contributed by atoms with van der Waals surface area (Å²) in [6.45, 7) is 6.35. The van der Waals surface area contributed by atoms with E-state index in [1.54, 1.807) is 6.92 Å². The number of benzene rings is 1. The van der Waals surface area contributed by atoms with E-state index in [-0.39, 0.29) is 12.5 Å². The number of aliphatic hydroxyl groups is 1. The van der Waals surface area contributed by atoms with Crippen molar-refractivity contribution in [3.63, 3.8) is 0 Å². The van der Waals surface area contributed by atoms with Crippen LogP contribution in [-0.2, 0) is 4.79 Å². The first-order valence-corrected chi connectivity index (χ1v) is 6.72. The van der Waals surface area contributed by atoms with Crippen molar-refractivity contribution in [2.45, 2.75) is 39.7 Å². The number of carbonyl (C=O) groups excluding carboxylic acids is 1. The second-order valence-corrected chi connectivity index (χ2v) is 4.71. The third kappa shape index (κ3) is 5.30. The van der Waals surface area contributed by atoms with Gasteiger partial charge < -0.3 is 15.2 Å². The second kappa shape index (κ2) is 7.79. The van der Waals surface area contributed by atoms with Gasteiger partial charge in [0.05, 0.1) is 6.10 Å². The highest BCUT2D eigenvalue weighted by atomic mass is 16.5. The first-order valence-electron chi connectivity index (χ1n) is 6.72. The first-order chi connectivity index (χ1) is 9.04. The minimum absolute atomic E-state index is 0.0209. The Balaban J connectivity index is 2.56. The molecule has 1 aromatic carbocycles. The van der Waals surface area contributed by atoms with Crippen LogP contribution in [0.4, 0.5) is 0 Å². The third-order valence-electron chi connectivity index (χ3n) is 2.83. The van der Waals surface area contributed by atoms with Crippen molar-refractivity contribution in [1.29, 1.82) is 0 Å². The number of nitrogens with one attached hydrogen (secondary N) is 1. The Morgan fingerprint density at radius 3 is 2.84 bits per heavy atom. The van der Waals surface area contributed by atoms with Crippen LogP contribution in [0.1, 0.15) is 43.9 Å². The number of unbranched alkanes of at least 4 members (excludes halogenated alkanes) is 1. The van der Waals surface area contributed by atoms with Crippen molar-refractivity contribution >= 4 is 5.91 Å². The van der Waals surface area contributed by atoms with Gasteiger partial charge >= 0.3 is 0 Å². The zero-order valence-electron chi connectivity index (χ0n) is 11.9. The van der Waals surface area contributed by atoms with Gasteiger partial charge in [-0.3, -0.25) is 4.79 Å². The summed E-state index contributed by atoms with van der Waals surface area (Å²) in [6.07, 6.45) is 1.40. The molecule has 0 aliphatic heterocycles. The lowest BCUT2D eigenvalue weighted by Gasteiger charge is -2.14. The quantitative estimate of drug-likeness (QED) is 0.744. The molecule has 4 nitrogen and oxygen atoms in total. The summed E-state index contributed by atoms with van der Waals surface area (Å²) in [5, 5.41) is 12.4. The highest BCUT2D eigenvalue weighted by Gasteiger charge is 2.10. The molecule has 0 heterocycles. The van der Waals surface area contributed by atoms with E-state index >= 15 is 0 Å². The normalized spacial score (nSPS) is 12.0. The summed E-state index contributed by atoms with van der Waals surface area (Å²) in [6, 6.07) is 5.57. The number of rotatable bonds is 7. The largest absolute Gasteiger partial charge is 0.483 e. The Bertz CT molecular complexity index is 416. The number of aliphatic hydroxyl groups excluding tert-OH is 1. The fraction of sp³-hybridized carbons (Fsp3) is 0.533. The van der Waals surface area contributed by atoms with Gasteiger partial charge in [-0.05, 0) is 31.9 Å². The lowest BCUT2D eigenvalue weighted by atomic mass is 10.1. The number of hydrogen-bond acceptors (Lipinski definition) is 3. The molecular formula is C15H23NO3. The summed E-state index contributed by atoms with van der Waals surface area (Å²) >= 11 is 0. The molecule has 0 bridgehead atoms. The van der Waals surface area contributed by atoms with E-state index in [1.807, 2.05) is 25.1 Å². The average Bonchev–Trinajstić information content (AvgIpc) is 2.36. The summed E-state index contributed by atoms with van der Waals surface area (Å²) in [4.78, 5) is 11.6. The number of aryl methyl sites for hydroxylation is 1. The highest BCUT2D eigenvalue weighted by Crippen LogP contribution is 2.26. The second-order valence-electron chi connectivity index (χ2n) is 4.71. The van der Waals surface area contributed by atoms with E-state index in [0.717, 1.165) is 18.4 Å². The van der Waals surface area contributed by atoms with Crippen molar-refractivity contribution in [2.24, 2.45) is 0 Å². The van der Waals surface area contributed by atoms with Crippen LogP contribution in [0.25, 0.3) is 0 Å². The molecule has 4 heteroatoms.